The van der Waals surface area contributed by atoms with Gasteiger partial charge in [0.2, 0.25) is 0 Å². The first kappa shape index (κ1) is 25.7. The summed E-state index contributed by atoms with van der Waals surface area (Å²) >= 11 is 0. The Morgan fingerprint density at radius 2 is 0.700 bits per heavy atom. The van der Waals surface area contributed by atoms with Gasteiger partial charge in [-0.2, -0.15) is 0 Å². The molecule has 1 aliphatic carbocycles. The largest absolute Gasteiger partial charge is 0.0845 e. The molecule has 0 aromatic heterocycles. The van der Waals surface area contributed by atoms with Crippen LogP contribution in [-0.2, 0) is 0 Å². The molecular weight excluding hydrogens is 360 g/mol. The molecule has 0 aliphatic heterocycles. The fourth-order valence-corrected chi connectivity index (χ4v) is 3.12. The molecule has 0 unspecified atom stereocenters. The normalized spacial score (nSPS) is 28.8. The topological polar surface area (TPSA) is 0 Å². The molecule has 0 saturated carbocycles. The van der Waals surface area contributed by atoms with Crippen molar-refractivity contribution in [2.45, 2.75) is 77.0 Å². The zero-order chi connectivity index (χ0) is 21.2. The summed E-state index contributed by atoms with van der Waals surface area (Å²) in [7, 11) is 0. The number of allylic oxidation sites excluding steroid dienone is 18. The molecule has 0 amide bonds. The van der Waals surface area contributed by atoms with Gasteiger partial charge in [0.25, 0.3) is 0 Å². The predicted molar refractivity (Wildman–Crippen MR) is 136 cm³/mol. The van der Waals surface area contributed by atoms with Gasteiger partial charge >= 0.3 is 0 Å². The summed E-state index contributed by atoms with van der Waals surface area (Å²) in [5.74, 6) is 0. The minimum absolute atomic E-state index is 1.08. The van der Waals surface area contributed by atoms with E-state index in [-0.39, 0.29) is 0 Å². The lowest BCUT2D eigenvalue weighted by molar-refractivity contribution is 0.553. The molecule has 161 valence electrons. The lowest BCUT2D eigenvalue weighted by atomic mass is 10.0. The van der Waals surface area contributed by atoms with Crippen molar-refractivity contribution in [1.82, 2.24) is 0 Å². The highest BCUT2D eigenvalue weighted by molar-refractivity contribution is 5.21. The third-order valence-corrected chi connectivity index (χ3v) is 4.85. The number of hydrogen-bond donors (Lipinski definition) is 0. The van der Waals surface area contributed by atoms with Gasteiger partial charge in [0.15, 0.2) is 0 Å². The summed E-state index contributed by atoms with van der Waals surface area (Å²) < 4.78 is 0. The maximum Gasteiger partial charge on any atom is -0.0276 e. The molecule has 0 spiro atoms. The Bertz CT molecular complexity index is 573. The Morgan fingerprint density at radius 1 is 0.333 bits per heavy atom. The van der Waals surface area contributed by atoms with Gasteiger partial charge in [-0.15, -0.1) is 0 Å². The van der Waals surface area contributed by atoms with Crippen LogP contribution in [0.3, 0.4) is 0 Å². The van der Waals surface area contributed by atoms with Crippen LogP contribution in [0.15, 0.2) is 103 Å². The van der Waals surface area contributed by atoms with E-state index >= 15 is 0 Å². The maximum atomic E-state index is 3.37. The van der Waals surface area contributed by atoms with E-state index in [2.05, 4.69) is 42.5 Å². The fourth-order valence-electron chi connectivity index (χ4n) is 3.12. The Morgan fingerprint density at radius 3 is 1.20 bits per heavy atom. The second-order valence-corrected chi connectivity index (χ2v) is 7.57. The fraction of sp³-hybridized carbons (Fsp3) is 0.400. The molecule has 0 bridgehead atoms. The van der Waals surface area contributed by atoms with Crippen LogP contribution in [0.4, 0.5) is 0 Å². The van der Waals surface area contributed by atoms with Crippen LogP contribution in [0.5, 0.6) is 0 Å². The first-order chi connectivity index (χ1) is 15.0. The molecular formula is C30H41. The van der Waals surface area contributed by atoms with Crippen LogP contribution in [0, 0.1) is 6.08 Å². The molecule has 0 aromatic rings. The van der Waals surface area contributed by atoms with E-state index in [4.69, 9.17) is 0 Å². The summed E-state index contributed by atoms with van der Waals surface area (Å²) in [5, 5.41) is 0. The zero-order valence-corrected chi connectivity index (χ0v) is 18.8. The minimum Gasteiger partial charge on any atom is -0.0845 e. The van der Waals surface area contributed by atoms with Gasteiger partial charge in [0.05, 0.1) is 0 Å². The summed E-state index contributed by atoms with van der Waals surface area (Å²) in [5.41, 5.74) is 0. The van der Waals surface area contributed by atoms with Gasteiger partial charge in [-0.3, -0.25) is 0 Å². The molecule has 0 saturated heterocycles. The Balaban J connectivity index is 2.38. The highest BCUT2D eigenvalue weighted by Gasteiger charge is 1.92. The van der Waals surface area contributed by atoms with E-state index < -0.39 is 0 Å². The molecule has 0 N–H and O–H groups in total. The van der Waals surface area contributed by atoms with Gasteiger partial charge < -0.3 is 0 Å². The van der Waals surface area contributed by atoms with Crippen molar-refractivity contribution in [3.05, 3.63) is 109 Å². The molecule has 0 nitrogen and oxygen atoms in total. The molecule has 1 radical (unpaired) electrons. The molecule has 0 heteroatoms. The molecule has 1 aliphatic rings. The van der Waals surface area contributed by atoms with Crippen molar-refractivity contribution >= 4 is 0 Å². The van der Waals surface area contributed by atoms with Gasteiger partial charge in [0.1, 0.15) is 0 Å². The first-order valence-corrected chi connectivity index (χ1v) is 11.9. The lowest BCUT2D eigenvalue weighted by Crippen LogP contribution is -1.82. The van der Waals surface area contributed by atoms with Crippen LogP contribution in [0.25, 0.3) is 0 Å². The van der Waals surface area contributed by atoms with Crippen LogP contribution < -0.4 is 0 Å². The lowest BCUT2D eigenvalue weighted by Gasteiger charge is -2.01. The SMILES string of the molecule is [C]1=C/C=C\C=C/C=C\C=C/C=C\C=C/C=C\C=C/CCCCCCCCCCCC\1. The summed E-state index contributed by atoms with van der Waals surface area (Å²) in [6.45, 7) is 0. The Labute approximate surface area is 186 Å². The van der Waals surface area contributed by atoms with E-state index in [1.54, 1.807) is 0 Å². The summed E-state index contributed by atoms with van der Waals surface area (Å²) in [4.78, 5) is 0. The van der Waals surface area contributed by atoms with Crippen molar-refractivity contribution in [2.24, 2.45) is 0 Å². The minimum atomic E-state index is 1.08. The van der Waals surface area contributed by atoms with E-state index in [1.807, 2.05) is 66.8 Å². The quantitative estimate of drug-likeness (QED) is 0.379. The van der Waals surface area contributed by atoms with Crippen LogP contribution in [0.2, 0.25) is 0 Å². The van der Waals surface area contributed by atoms with Crippen molar-refractivity contribution in [1.29, 1.82) is 0 Å². The predicted octanol–water partition coefficient (Wildman–Crippen LogP) is 9.49. The molecule has 0 aromatic carbocycles. The Hall–Kier alpha value is -2.34. The van der Waals surface area contributed by atoms with Crippen molar-refractivity contribution in [3.8, 4) is 0 Å². The van der Waals surface area contributed by atoms with E-state index in [1.165, 1.54) is 70.6 Å². The average Bonchev–Trinajstić information content (AvgIpc) is 2.76. The monoisotopic (exact) mass is 401 g/mol. The second-order valence-electron chi connectivity index (χ2n) is 7.57. The third-order valence-electron chi connectivity index (χ3n) is 4.85. The number of rotatable bonds is 0. The Kier molecular flexibility index (Phi) is 19.7. The number of hydrogen-bond acceptors (Lipinski definition) is 0. The molecule has 1 rings (SSSR count). The summed E-state index contributed by atoms with van der Waals surface area (Å²) in [6, 6.07) is 0. The highest BCUT2D eigenvalue weighted by atomic mass is 14.0. The maximum absolute atomic E-state index is 3.37. The molecule has 30 heavy (non-hydrogen) atoms. The highest BCUT2D eigenvalue weighted by Crippen LogP contribution is 2.12. The van der Waals surface area contributed by atoms with Crippen LogP contribution in [0.1, 0.15) is 77.0 Å². The molecule has 0 heterocycles. The molecule has 0 fully saturated rings. The second kappa shape index (κ2) is 22.9. The molecule has 0 atom stereocenters. The van der Waals surface area contributed by atoms with Gasteiger partial charge in [-0.25, -0.2) is 0 Å². The smallest absolute Gasteiger partial charge is 0.0276 e. The van der Waals surface area contributed by atoms with Crippen molar-refractivity contribution in [2.75, 3.05) is 0 Å². The van der Waals surface area contributed by atoms with Crippen molar-refractivity contribution in [3.63, 3.8) is 0 Å². The van der Waals surface area contributed by atoms with Gasteiger partial charge in [-0.05, 0) is 31.8 Å². The van der Waals surface area contributed by atoms with Gasteiger partial charge in [-0.1, -0.05) is 155 Å². The van der Waals surface area contributed by atoms with Crippen molar-refractivity contribution < 1.29 is 0 Å². The zero-order valence-electron chi connectivity index (χ0n) is 18.8. The van der Waals surface area contributed by atoms with E-state index in [0.29, 0.717) is 0 Å². The standard InChI is InChI=1S/C30H41/c1-2-4-6-8-10-12-14-16-18-20-22-24-26-28-30-29-27-25-23-21-19-17-15-13-11-9-7-5-3-1/h1-17H,18,20-30H2/b3-1-,4-2-,7-5-,8-6-,11-9-,12-10-,15-13-,16-14-,19-17?. The average molecular weight is 402 g/mol. The van der Waals surface area contributed by atoms with E-state index in [9.17, 15) is 0 Å². The third kappa shape index (κ3) is 20.4. The van der Waals surface area contributed by atoms with E-state index in [0.717, 1.165) is 6.42 Å². The first-order valence-electron chi connectivity index (χ1n) is 11.9. The summed E-state index contributed by atoms with van der Waals surface area (Å²) in [6.07, 6.45) is 54.5. The van der Waals surface area contributed by atoms with Crippen LogP contribution >= 0.6 is 0 Å². The van der Waals surface area contributed by atoms with Crippen LogP contribution in [-0.4, -0.2) is 0 Å². The van der Waals surface area contributed by atoms with Gasteiger partial charge in [0, 0.05) is 0 Å².